The van der Waals surface area contributed by atoms with E-state index in [4.69, 9.17) is 17.3 Å². The fraction of sp³-hybridized carbons (Fsp3) is 0.417. The average Bonchev–Trinajstić information content (AvgIpc) is 2.88. The molecule has 2 rings (SSSR count). The first-order valence-electron chi connectivity index (χ1n) is 6.12. The SMILES string of the molecule is CC(CCS(C)=O)n1nnnc1-c1ccc(Cl)c(N)c1. The topological polar surface area (TPSA) is 86.7 Å². The van der Waals surface area contributed by atoms with Crippen LogP contribution in [0.5, 0.6) is 0 Å². The summed E-state index contributed by atoms with van der Waals surface area (Å²) in [4.78, 5) is 0. The lowest BCUT2D eigenvalue weighted by molar-refractivity contribution is 0.470. The number of hydrogen-bond donors (Lipinski definition) is 1. The molecule has 108 valence electrons. The van der Waals surface area contributed by atoms with E-state index in [0.717, 1.165) is 12.0 Å². The van der Waals surface area contributed by atoms with Crippen molar-refractivity contribution in [3.8, 4) is 11.4 Å². The Labute approximate surface area is 124 Å². The number of hydrogen-bond acceptors (Lipinski definition) is 5. The lowest BCUT2D eigenvalue weighted by Gasteiger charge is -2.13. The van der Waals surface area contributed by atoms with Crippen LogP contribution in [-0.4, -0.2) is 36.4 Å². The van der Waals surface area contributed by atoms with Gasteiger partial charge in [-0.1, -0.05) is 11.6 Å². The van der Waals surface area contributed by atoms with Crippen LogP contribution in [0.4, 0.5) is 5.69 Å². The van der Waals surface area contributed by atoms with Gasteiger partial charge in [0.2, 0.25) is 0 Å². The molecule has 2 atom stereocenters. The van der Waals surface area contributed by atoms with Gasteiger partial charge in [0, 0.05) is 28.4 Å². The van der Waals surface area contributed by atoms with Gasteiger partial charge in [0.25, 0.3) is 0 Å². The molecule has 0 amide bonds. The van der Waals surface area contributed by atoms with Crippen LogP contribution < -0.4 is 5.73 Å². The highest BCUT2D eigenvalue weighted by Crippen LogP contribution is 2.26. The summed E-state index contributed by atoms with van der Waals surface area (Å²) < 4.78 is 12.9. The summed E-state index contributed by atoms with van der Waals surface area (Å²) in [5.74, 6) is 1.24. The van der Waals surface area contributed by atoms with Crippen molar-refractivity contribution in [2.24, 2.45) is 0 Å². The molecule has 6 nitrogen and oxygen atoms in total. The molecule has 0 aliphatic heterocycles. The Morgan fingerprint density at radius 1 is 1.50 bits per heavy atom. The Hall–Kier alpha value is -1.47. The minimum atomic E-state index is -0.825. The number of tetrazole rings is 1. The second-order valence-electron chi connectivity index (χ2n) is 4.60. The van der Waals surface area contributed by atoms with Crippen LogP contribution in [0, 0.1) is 0 Å². The lowest BCUT2D eigenvalue weighted by Crippen LogP contribution is -2.12. The van der Waals surface area contributed by atoms with Gasteiger partial charge in [-0.3, -0.25) is 4.21 Å². The largest absolute Gasteiger partial charge is 0.398 e. The molecule has 1 aromatic heterocycles. The molecule has 1 aromatic carbocycles. The molecule has 0 saturated carbocycles. The van der Waals surface area contributed by atoms with Crippen molar-refractivity contribution in [1.29, 1.82) is 0 Å². The predicted molar refractivity (Wildman–Crippen MR) is 80.9 cm³/mol. The van der Waals surface area contributed by atoms with Crippen LogP contribution in [0.1, 0.15) is 19.4 Å². The highest BCUT2D eigenvalue weighted by Gasteiger charge is 2.15. The van der Waals surface area contributed by atoms with Gasteiger partial charge >= 0.3 is 0 Å². The van der Waals surface area contributed by atoms with Gasteiger partial charge in [-0.15, -0.1) is 5.10 Å². The van der Waals surface area contributed by atoms with E-state index in [1.165, 1.54) is 0 Å². The maximum absolute atomic E-state index is 11.2. The first-order valence-corrected chi connectivity index (χ1v) is 8.23. The predicted octanol–water partition coefficient (Wildman–Crippen LogP) is 1.91. The molecule has 0 spiro atoms. The number of nitrogens with two attached hydrogens (primary N) is 1. The molecule has 2 N–H and O–H groups in total. The standard InChI is InChI=1S/C12H16ClN5OS/c1-8(5-6-20(2)19)18-12(15-16-17-18)9-3-4-10(13)11(14)7-9/h3-4,7-8H,5-6,14H2,1-2H3. The Morgan fingerprint density at radius 2 is 2.25 bits per heavy atom. The summed E-state index contributed by atoms with van der Waals surface area (Å²) >= 11 is 5.91. The van der Waals surface area contributed by atoms with Gasteiger partial charge in [-0.05, 0) is 42.0 Å². The van der Waals surface area contributed by atoms with Crippen molar-refractivity contribution < 1.29 is 4.21 Å². The Morgan fingerprint density at radius 3 is 2.90 bits per heavy atom. The number of nitrogens with zero attached hydrogens (tertiary/aromatic N) is 4. The first-order chi connectivity index (χ1) is 9.49. The minimum Gasteiger partial charge on any atom is -0.398 e. The van der Waals surface area contributed by atoms with E-state index in [0.29, 0.717) is 22.3 Å². The third-order valence-corrected chi connectivity index (χ3v) is 4.14. The van der Waals surface area contributed by atoms with Crippen molar-refractivity contribution in [3.63, 3.8) is 0 Å². The highest BCUT2D eigenvalue weighted by atomic mass is 35.5. The monoisotopic (exact) mass is 313 g/mol. The minimum absolute atomic E-state index is 0.0563. The molecule has 0 radical (unpaired) electrons. The molecule has 0 bridgehead atoms. The zero-order valence-corrected chi connectivity index (χ0v) is 12.9. The van der Waals surface area contributed by atoms with Crippen molar-refractivity contribution in [3.05, 3.63) is 23.2 Å². The summed E-state index contributed by atoms with van der Waals surface area (Å²) in [6.45, 7) is 1.99. The van der Waals surface area contributed by atoms with Gasteiger partial charge < -0.3 is 5.73 Å². The Balaban J connectivity index is 2.27. The molecule has 0 fully saturated rings. The van der Waals surface area contributed by atoms with E-state index in [-0.39, 0.29) is 6.04 Å². The number of halogens is 1. The number of rotatable bonds is 5. The van der Waals surface area contributed by atoms with Crippen LogP contribution in [0.15, 0.2) is 18.2 Å². The van der Waals surface area contributed by atoms with Gasteiger partial charge in [0.1, 0.15) is 0 Å². The molecule has 0 saturated heterocycles. The van der Waals surface area contributed by atoms with Crippen LogP contribution in [0.3, 0.4) is 0 Å². The lowest BCUT2D eigenvalue weighted by atomic mass is 10.1. The van der Waals surface area contributed by atoms with Crippen LogP contribution in [-0.2, 0) is 10.8 Å². The molecular formula is C12H16ClN5OS. The second kappa shape index (κ2) is 6.32. The molecule has 1 heterocycles. The Bertz CT molecular complexity index is 630. The Kier molecular flexibility index (Phi) is 4.72. The van der Waals surface area contributed by atoms with Crippen molar-refractivity contribution in [1.82, 2.24) is 20.2 Å². The maximum atomic E-state index is 11.2. The zero-order valence-electron chi connectivity index (χ0n) is 11.3. The molecule has 2 unspecified atom stereocenters. The van der Waals surface area contributed by atoms with E-state index < -0.39 is 10.8 Å². The summed E-state index contributed by atoms with van der Waals surface area (Å²) in [5.41, 5.74) is 7.10. The van der Waals surface area contributed by atoms with E-state index in [1.54, 1.807) is 23.1 Å². The van der Waals surface area contributed by atoms with E-state index >= 15 is 0 Å². The fourth-order valence-corrected chi connectivity index (χ4v) is 2.61. The molecule has 20 heavy (non-hydrogen) atoms. The van der Waals surface area contributed by atoms with E-state index in [2.05, 4.69) is 15.5 Å². The quantitative estimate of drug-likeness (QED) is 0.852. The summed E-state index contributed by atoms with van der Waals surface area (Å²) in [6, 6.07) is 5.35. The number of benzene rings is 1. The second-order valence-corrected chi connectivity index (χ2v) is 6.56. The van der Waals surface area contributed by atoms with Crippen LogP contribution in [0.2, 0.25) is 5.02 Å². The molecule has 2 aromatic rings. The molecule has 0 aliphatic rings. The summed E-state index contributed by atoms with van der Waals surface area (Å²) in [7, 11) is -0.825. The van der Waals surface area contributed by atoms with E-state index in [9.17, 15) is 4.21 Å². The van der Waals surface area contributed by atoms with Crippen molar-refractivity contribution in [2.75, 3.05) is 17.7 Å². The van der Waals surface area contributed by atoms with Crippen molar-refractivity contribution >= 4 is 28.1 Å². The van der Waals surface area contributed by atoms with Gasteiger partial charge in [0.05, 0.1) is 16.8 Å². The van der Waals surface area contributed by atoms with Gasteiger partial charge in [-0.25, -0.2) is 4.68 Å². The number of aromatic nitrogens is 4. The fourth-order valence-electron chi connectivity index (χ4n) is 1.82. The number of anilines is 1. The summed E-state index contributed by atoms with van der Waals surface area (Å²) in [6.07, 6.45) is 2.43. The van der Waals surface area contributed by atoms with Crippen LogP contribution >= 0.6 is 11.6 Å². The van der Waals surface area contributed by atoms with Gasteiger partial charge in [0.15, 0.2) is 5.82 Å². The van der Waals surface area contributed by atoms with Crippen LogP contribution in [0.25, 0.3) is 11.4 Å². The summed E-state index contributed by atoms with van der Waals surface area (Å²) in [5, 5.41) is 12.3. The molecular weight excluding hydrogens is 298 g/mol. The average molecular weight is 314 g/mol. The van der Waals surface area contributed by atoms with E-state index in [1.807, 2.05) is 13.0 Å². The third-order valence-electron chi connectivity index (χ3n) is 2.99. The maximum Gasteiger partial charge on any atom is 0.182 e. The third kappa shape index (κ3) is 3.34. The van der Waals surface area contributed by atoms with Crippen molar-refractivity contribution in [2.45, 2.75) is 19.4 Å². The van der Waals surface area contributed by atoms with Gasteiger partial charge in [-0.2, -0.15) is 0 Å². The zero-order chi connectivity index (χ0) is 14.7. The smallest absolute Gasteiger partial charge is 0.182 e. The number of nitrogen functional groups attached to an aromatic ring is 1. The molecule has 8 heteroatoms. The normalized spacial score (nSPS) is 14.2. The first kappa shape index (κ1) is 14.9. The molecule has 0 aliphatic carbocycles. The highest BCUT2D eigenvalue weighted by molar-refractivity contribution is 7.84.